The molecule has 0 bridgehead atoms. The summed E-state index contributed by atoms with van der Waals surface area (Å²) in [4.78, 5) is 0. The summed E-state index contributed by atoms with van der Waals surface area (Å²) in [6.07, 6.45) is 6.88. The molecule has 1 rings (SSSR count). The van der Waals surface area contributed by atoms with Gasteiger partial charge in [0.1, 0.15) is 0 Å². The quantitative estimate of drug-likeness (QED) is 0.665. The second kappa shape index (κ2) is 5.58. The van der Waals surface area contributed by atoms with Gasteiger partial charge in [0.2, 0.25) is 0 Å². The van der Waals surface area contributed by atoms with E-state index < -0.39 is 0 Å². The van der Waals surface area contributed by atoms with E-state index in [1.807, 2.05) is 0 Å². The second-order valence-corrected chi connectivity index (χ2v) is 4.61. The summed E-state index contributed by atoms with van der Waals surface area (Å²) in [6.45, 7) is 4.19. The van der Waals surface area contributed by atoms with Crippen LogP contribution in [0.25, 0.3) is 0 Å². The van der Waals surface area contributed by atoms with Gasteiger partial charge in [-0.05, 0) is 44.2 Å². The van der Waals surface area contributed by atoms with E-state index in [1.165, 1.54) is 25.7 Å². The first-order valence-corrected chi connectivity index (χ1v) is 5.54. The van der Waals surface area contributed by atoms with Crippen LogP contribution in [-0.2, 0) is 0 Å². The van der Waals surface area contributed by atoms with Gasteiger partial charge in [-0.25, -0.2) is 0 Å². The summed E-state index contributed by atoms with van der Waals surface area (Å²) >= 11 is 0. The lowest BCUT2D eigenvalue weighted by Crippen LogP contribution is -2.23. The molecule has 1 N–H and O–H groups in total. The highest BCUT2D eigenvalue weighted by atomic mass is 19.1. The van der Waals surface area contributed by atoms with Crippen molar-refractivity contribution in [3.05, 3.63) is 0 Å². The van der Waals surface area contributed by atoms with Gasteiger partial charge in [0.25, 0.3) is 0 Å². The zero-order valence-electron chi connectivity index (χ0n) is 8.74. The number of alkyl halides is 1. The van der Waals surface area contributed by atoms with E-state index in [9.17, 15) is 4.39 Å². The zero-order chi connectivity index (χ0) is 9.57. The van der Waals surface area contributed by atoms with Crippen LogP contribution >= 0.6 is 0 Å². The Morgan fingerprint density at radius 3 is 2.08 bits per heavy atom. The van der Waals surface area contributed by atoms with Crippen LogP contribution < -0.4 is 5.32 Å². The van der Waals surface area contributed by atoms with Gasteiger partial charge in [-0.2, -0.15) is 0 Å². The third-order valence-electron chi connectivity index (χ3n) is 3.09. The summed E-state index contributed by atoms with van der Waals surface area (Å²) in [5.41, 5.74) is -0.0165. The van der Waals surface area contributed by atoms with Gasteiger partial charge >= 0.3 is 0 Å². The first-order chi connectivity index (χ1) is 6.27. The molecule has 1 fully saturated rings. The molecule has 1 aliphatic heterocycles. The molecule has 1 heterocycles. The first-order valence-electron chi connectivity index (χ1n) is 5.54. The van der Waals surface area contributed by atoms with Crippen LogP contribution in [0.1, 0.15) is 45.4 Å². The van der Waals surface area contributed by atoms with Gasteiger partial charge in [0, 0.05) is 0 Å². The molecule has 0 saturated carbocycles. The van der Waals surface area contributed by atoms with E-state index >= 15 is 0 Å². The topological polar surface area (TPSA) is 12.0 Å². The number of hydrogen-bond acceptors (Lipinski definition) is 1. The van der Waals surface area contributed by atoms with Crippen LogP contribution in [0.15, 0.2) is 0 Å². The zero-order valence-corrected chi connectivity index (χ0v) is 8.74. The SMILES string of the molecule is CC1(CF)CCCCNCCCC1. The summed E-state index contributed by atoms with van der Waals surface area (Å²) in [5.74, 6) is 0. The minimum atomic E-state index is -0.138. The Hall–Kier alpha value is -0.110. The molecule has 0 aromatic heterocycles. The maximum Gasteiger partial charge on any atom is 0.0947 e. The Morgan fingerprint density at radius 2 is 1.62 bits per heavy atom. The fourth-order valence-corrected chi connectivity index (χ4v) is 1.99. The van der Waals surface area contributed by atoms with Gasteiger partial charge in [-0.3, -0.25) is 4.39 Å². The second-order valence-electron chi connectivity index (χ2n) is 4.61. The van der Waals surface area contributed by atoms with Crippen molar-refractivity contribution in [2.45, 2.75) is 45.4 Å². The third kappa shape index (κ3) is 4.08. The van der Waals surface area contributed by atoms with E-state index in [0.717, 1.165) is 25.9 Å². The average Bonchev–Trinajstić information content (AvgIpc) is 2.16. The number of halogens is 1. The first kappa shape index (κ1) is 11.0. The summed E-state index contributed by atoms with van der Waals surface area (Å²) in [7, 11) is 0. The fraction of sp³-hybridized carbons (Fsp3) is 1.00. The molecule has 0 amide bonds. The molecule has 78 valence electrons. The van der Waals surface area contributed by atoms with Gasteiger partial charge in [0.15, 0.2) is 0 Å². The van der Waals surface area contributed by atoms with Crippen LogP contribution in [0.2, 0.25) is 0 Å². The molecule has 0 radical (unpaired) electrons. The van der Waals surface area contributed by atoms with Crippen molar-refractivity contribution in [1.82, 2.24) is 5.32 Å². The minimum Gasteiger partial charge on any atom is -0.317 e. The summed E-state index contributed by atoms with van der Waals surface area (Å²) in [6, 6.07) is 0. The highest BCUT2D eigenvalue weighted by Gasteiger charge is 2.23. The molecule has 0 aliphatic carbocycles. The van der Waals surface area contributed by atoms with Crippen molar-refractivity contribution < 1.29 is 4.39 Å². The Balaban J connectivity index is 2.34. The Morgan fingerprint density at radius 1 is 1.08 bits per heavy atom. The van der Waals surface area contributed by atoms with Crippen molar-refractivity contribution in [2.24, 2.45) is 5.41 Å². The molecule has 0 atom stereocenters. The smallest absolute Gasteiger partial charge is 0.0947 e. The van der Waals surface area contributed by atoms with E-state index in [-0.39, 0.29) is 12.1 Å². The van der Waals surface area contributed by atoms with Gasteiger partial charge < -0.3 is 5.32 Å². The van der Waals surface area contributed by atoms with Crippen molar-refractivity contribution in [3.63, 3.8) is 0 Å². The molecule has 2 heteroatoms. The standard InChI is InChI=1S/C11H22FN/c1-11(10-12)6-2-4-8-13-9-5-3-7-11/h13H,2-10H2,1H3. The maximum absolute atomic E-state index is 12.8. The van der Waals surface area contributed by atoms with Crippen LogP contribution in [0.5, 0.6) is 0 Å². The molecule has 0 spiro atoms. The third-order valence-corrected chi connectivity index (χ3v) is 3.09. The lowest BCUT2D eigenvalue weighted by atomic mass is 9.81. The van der Waals surface area contributed by atoms with Crippen LogP contribution in [0, 0.1) is 5.41 Å². The summed E-state index contributed by atoms with van der Waals surface area (Å²) < 4.78 is 12.8. The predicted molar refractivity (Wildman–Crippen MR) is 54.7 cm³/mol. The predicted octanol–water partition coefficient (Wildman–Crippen LogP) is 2.91. The van der Waals surface area contributed by atoms with Gasteiger partial charge in [0.05, 0.1) is 6.67 Å². The van der Waals surface area contributed by atoms with Crippen molar-refractivity contribution in [3.8, 4) is 0 Å². The maximum atomic E-state index is 12.8. The average molecular weight is 187 g/mol. The molecular formula is C11H22FN. The van der Waals surface area contributed by atoms with E-state index in [0.29, 0.717) is 0 Å². The lowest BCUT2D eigenvalue weighted by molar-refractivity contribution is 0.184. The molecule has 1 nitrogen and oxygen atoms in total. The molecule has 0 aromatic carbocycles. The molecule has 13 heavy (non-hydrogen) atoms. The van der Waals surface area contributed by atoms with Gasteiger partial charge in [-0.1, -0.05) is 19.8 Å². The Labute approximate surface area is 81.1 Å². The number of hydrogen-bond donors (Lipinski definition) is 1. The highest BCUT2D eigenvalue weighted by molar-refractivity contribution is 4.74. The molecule has 1 saturated heterocycles. The van der Waals surface area contributed by atoms with Crippen LogP contribution in [0.4, 0.5) is 4.39 Å². The fourth-order valence-electron chi connectivity index (χ4n) is 1.99. The molecule has 0 unspecified atom stereocenters. The van der Waals surface area contributed by atoms with Crippen molar-refractivity contribution in [2.75, 3.05) is 19.8 Å². The minimum absolute atomic E-state index is 0.0165. The van der Waals surface area contributed by atoms with E-state index in [1.54, 1.807) is 0 Å². The van der Waals surface area contributed by atoms with Crippen LogP contribution in [0.3, 0.4) is 0 Å². The molecule has 0 aromatic rings. The van der Waals surface area contributed by atoms with Crippen molar-refractivity contribution in [1.29, 1.82) is 0 Å². The van der Waals surface area contributed by atoms with Gasteiger partial charge in [-0.15, -0.1) is 0 Å². The van der Waals surface area contributed by atoms with Crippen LogP contribution in [-0.4, -0.2) is 19.8 Å². The Kier molecular flexibility index (Phi) is 4.71. The largest absolute Gasteiger partial charge is 0.317 e. The number of nitrogens with one attached hydrogen (secondary N) is 1. The number of rotatable bonds is 1. The Bertz CT molecular complexity index is 126. The monoisotopic (exact) mass is 187 g/mol. The van der Waals surface area contributed by atoms with E-state index in [4.69, 9.17) is 0 Å². The summed E-state index contributed by atoms with van der Waals surface area (Å²) in [5, 5.41) is 3.41. The molecule has 1 aliphatic rings. The highest BCUT2D eigenvalue weighted by Crippen LogP contribution is 2.31. The van der Waals surface area contributed by atoms with E-state index in [2.05, 4.69) is 12.2 Å². The normalized spacial score (nSPS) is 25.4. The molecular weight excluding hydrogens is 165 g/mol. The van der Waals surface area contributed by atoms with Crippen molar-refractivity contribution >= 4 is 0 Å². The lowest BCUT2D eigenvalue weighted by Gasteiger charge is -2.27.